The van der Waals surface area contributed by atoms with Crippen LogP contribution in [0.3, 0.4) is 0 Å². The number of nitrogens with zero attached hydrogens (tertiary/aromatic N) is 3. The lowest BCUT2D eigenvalue weighted by Crippen LogP contribution is -2.48. The molecule has 0 bridgehead atoms. The molecular weight excluding hydrogens is 366 g/mol. The minimum absolute atomic E-state index is 0.0326. The van der Waals surface area contributed by atoms with Crippen LogP contribution in [0.15, 0.2) is 36.9 Å². The summed E-state index contributed by atoms with van der Waals surface area (Å²) < 4.78 is 0. The number of hydrogen-bond acceptors (Lipinski definition) is 3. The van der Waals surface area contributed by atoms with E-state index in [1.165, 1.54) is 6.08 Å². The Balaban J connectivity index is 1.65. The third-order valence-electron chi connectivity index (χ3n) is 5.19. The van der Waals surface area contributed by atoms with Crippen LogP contribution in [0.2, 0.25) is 5.02 Å². The van der Waals surface area contributed by atoms with Crippen molar-refractivity contribution in [2.24, 2.45) is 0 Å². The summed E-state index contributed by atoms with van der Waals surface area (Å²) in [6.07, 6.45) is 3.46. The molecule has 0 N–H and O–H groups in total. The topological polar surface area (TPSA) is 60.9 Å². The summed E-state index contributed by atoms with van der Waals surface area (Å²) in [6, 6.07) is 6.59. The van der Waals surface area contributed by atoms with Crippen LogP contribution in [0, 0.1) is 0 Å². The van der Waals surface area contributed by atoms with Gasteiger partial charge in [-0.05, 0) is 37.5 Å². The van der Waals surface area contributed by atoms with E-state index in [4.69, 9.17) is 11.6 Å². The van der Waals surface area contributed by atoms with Gasteiger partial charge in [-0.25, -0.2) is 0 Å². The molecule has 1 aromatic carbocycles. The second kappa shape index (κ2) is 8.57. The molecule has 0 spiro atoms. The molecule has 144 valence electrons. The van der Waals surface area contributed by atoms with Crippen LogP contribution in [0.1, 0.15) is 29.6 Å². The molecule has 2 heterocycles. The van der Waals surface area contributed by atoms with Gasteiger partial charge in [-0.15, -0.1) is 0 Å². The van der Waals surface area contributed by atoms with E-state index in [0.29, 0.717) is 56.2 Å². The summed E-state index contributed by atoms with van der Waals surface area (Å²) in [7, 11) is 0. The van der Waals surface area contributed by atoms with Crippen molar-refractivity contribution in [3.8, 4) is 0 Å². The maximum absolute atomic E-state index is 13.0. The van der Waals surface area contributed by atoms with E-state index in [1.54, 1.807) is 39.0 Å². The van der Waals surface area contributed by atoms with Gasteiger partial charge in [0.05, 0.1) is 10.6 Å². The predicted molar refractivity (Wildman–Crippen MR) is 103 cm³/mol. The van der Waals surface area contributed by atoms with Gasteiger partial charge in [-0.3, -0.25) is 14.4 Å². The highest BCUT2D eigenvalue weighted by Crippen LogP contribution is 2.22. The van der Waals surface area contributed by atoms with Gasteiger partial charge in [-0.1, -0.05) is 30.3 Å². The molecule has 1 unspecified atom stereocenters. The highest BCUT2D eigenvalue weighted by atomic mass is 35.5. The summed E-state index contributed by atoms with van der Waals surface area (Å²) >= 11 is 6.15. The molecule has 0 aromatic heterocycles. The van der Waals surface area contributed by atoms with Crippen molar-refractivity contribution >= 4 is 29.3 Å². The summed E-state index contributed by atoms with van der Waals surface area (Å²) in [5, 5.41) is 0.434. The zero-order chi connectivity index (χ0) is 19.4. The molecule has 0 saturated carbocycles. The van der Waals surface area contributed by atoms with Gasteiger partial charge >= 0.3 is 0 Å². The minimum atomic E-state index is -0.415. The van der Waals surface area contributed by atoms with Crippen molar-refractivity contribution in [3.63, 3.8) is 0 Å². The summed E-state index contributed by atoms with van der Waals surface area (Å²) in [6.45, 7) is 6.18. The number of benzene rings is 1. The molecule has 2 saturated heterocycles. The molecule has 7 heteroatoms. The largest absolute Gasteiger partial charge is 0.339 e. The SMILES string of the molecule is C=CC(=O)N1CCCC1C(=O)N1CCCN(C(=O)c2ccccc2Cl)CC1. The first-order valence-corrected chi connectivity index (χ1v) is 9.66. The quantitative estimate of drug-likeness (QED) is 0.744. The van der Waals surface area contributed by atoms with Gasteiger partial charge in [0.2, 0.25) is 11.8 Å². The van der Waals surface area contributed by atoms with E-state index >= 15 is 0 Å². The number of carbonyl (C=O) groups excluding carboxylic acids is 3. The molecule has 2 fully saturated rings. The van der Waals surface area contributed by atoms with E-state index < -0.39 is 6.04 Å². The van der Waals surface area contributed by atoms with E-state index in [1.807, 2.05) is 0 Å². The van der Waals surface area contributed by atoms with Crippen LogP contribution in [0.25, 0.3) is 0 Å². The van der Waals surface area contributed by atoms with Crippen LogP contribution in [0.5, 0.6) is 0 Å². The Morgan fingerprint density at radius 2 is 1.70 bits per heavy atom. The second-order valence-corrected chi connectivity index (χ2v) is 7.25. The number of hydrogen-bond donors (Lipinski definition) is 0. The van der Waals surface area contributed by atoms with E-state index in [9.17, 15) is 14.4 Å². The summed E-state index contributed by atoms with van der Waals surface area (Å²) in [5.41, 5.74) is 0.484. The monoisotopic (exact) mass is 389 g/mol. The lowest BCUT2D eigenvalue weighted by atomic mass is 10.2. The minimum Gasteiger partial charge on any atom is -0.339 e. The zero-order valence-corrected chi connectivity index (χ0v) is 16.0. The lowest BCUT2D eigenvalue weighted by Gasteiger charge is -2.29. The molecule has 3 amide bonds. The van der Waals surface area contributed by atoms with Gasteiger partial charge in [0, 0.05) is 32.7 Å². The van der Waals surface area contributed by atoms with E-state index in [2.05, 4.69) is 6.58 Å². The maximum Gasteiger partial charge on any atom is 0.255 e. The summed E-state index contributed by atoms with van der Waals surface area (Å²) in [4.78, 5) is 42.8. The van der Waals surface area contributed by atoms with Gasteiger partial charge in [0.1, 0.15) is 6.04 Å². The van der Waals surface area contributed by atoms with E-state index in [0.717, 1.165) is 6.42 Å². The fourth-order valence-corrected chi connectivity index (χ4v) is 3.98. The molecule has 1 atom stereocenters. The maximum atomic E-state index is 13.0. The van der Waals surface area contributed by atoms with Crippen LogP contribution in [0.4, 0.5) is 0 Å². The Bertz CT molecular complexity index is 752. The molecule has 6 nitrogen and oxygen atoms in total. The third-order valence-corrected chi connectivity index (χ3v) is 5.52. The number of rotatable bonds is 3. The zero-order valence-electron chi connectivity index (χ0n) is 15.3. The lowest BCUT2D eigenvalue weighted by molar-refractivity contribution is -0.141. The van der Waals surface area contributed by atoms with Crippen molar-refractivity contribution in [2.75, 3.05) is 32.7 Å². The second-order valence-electron chi connectivity index (χ2n) is 6.84. The van der Waals surface area contributed by atoms with Gasteiger partial charge in [0.25, 0.3) is 5.91 Å². The van der Waals surface area contributed by atoms with Crippen molar-refractivity contribution in [1.29, 1.82) is 0 Å². The standard InChI is InChI=1S/C20H24ClN3O3/c1-2-18(25)24-12-5-9-17(24)20(27)23-11-6-10-22(13-14-23)19(26)15-7-3-4-8-16(15)21/h2-4,7-8,17H,1,5-6,9-14H2. The average Bonchev–Trinajstić information content (AvgIpc) is 3.04. The fraction of sp³-hybridized carbons (Fsp3) is 0.450. The van der Waals surface area contributed by atoms with Gasteiger partial charge in [0.15, 0.2) is 0 Å². The third kappa shape index (κ3) is 4.16. The molecule has 2 aliphatic rings. The van der Waals surface area contributed by atoms with Crippen molar-refractivity contribution in [3.05, 3.63) is 47.5 Å². The highest BCUT2D eigenvalue weighted by Gasteiger charge is 2.36. The highest BCUT2D eigenvalue weighted by molar-refractivity contribution is 6.33. The van der Waals surface area contributed by atoms with Gasteiger partial charge in [-0.2, -0.15) is 0 Å². The molecule has 27 heavy (non-hydrogen) atoms. The number of halogens is 1. The van der Waals surface area contributed by atoms with Gasteiger partial charge < -0.3 is 14.7 Å². The number of likely N-dealkylation sites (tertiary alicyclic amines) is 1. The molecule has 0 radical (unpaired) electrons. The summed E-state index contributed by atoms with van der Waals surface area (Å²) in [5.74, 6) is -0.342. The van der Waals surface area contributed by atoms with Crippen LogP contribution >= 0.6 is 11.6 Å². The van der Waals surface area contributed by atoms with Crippen LogP contribution < -0.4 is 0 Å². The predicted octanol–water partition coefficient (Wildman–Crippen LogP) is 2.19. The first-order chi connectivity index (χ1) is 13.0. The Morgan fingerprint density at radius 1 is 1.00 bits per heavy atom. The first-order valence-electron chi connectivity index (χ1n) is 9.28. The first kappa shape index (κ1) is 19.4. The van der Waals surface area contributed by atoms with Crippen molar-refractivity contribution < 1.29 is 14.4 Å². The van der Waals surface area contributed by atoms with Crippen LogP contribution in [-0.4, -0.2) is 71.2 Å². The average molecular weight is 390 g/mol. The molecule has 3 rings (SSSR count). The Hall–Kier alpha value is -2.34. The van der Waals surface area contributed by atoms with Crippen molar-refractivity contribution in [1.82, 2.24) is 14.7 Å². The number of amides is 3. The fourth-order valence-electron chi connectivity index (χ4n) is 3.76. The Labute approximate surface area is 164 Å². The van der Waals surface area contributed by atoms with Crippen molar-refractivity contribution in [2.45, 2.75) is 25.3 Å². The Kier molecular flexibility index (Phi) is 6.16. The Morgan fingerprint density at radius 3 is 2.44 bits per heavy atom. The normalized spacial score (nSPS) is 20.3. The molecule has 0 aliphatic carbocycles. The van der Waals surface area contributed by atoms with Crippen LogP contribution in [-0.2, 0) is 9.59 Å². The van der Waals surface area contributed by atoms with E-state index in [-0.39, 0.29) is 17.7 Å². The molecular formula is C20H24ClN3O3. The molecule has 1 aromatic rings. The number of carbonyl (C=O) groups is 3. The molecule has 2 aliphatic heterocycles. The smallest absolute Gasteiger partial charge is 0.255 e.